The fourth-order valence-corrected chi connectivity index (χ4v) is 4.17. The average molecular weight is 487 g/mol. The summed E-state index contributed by atoms with van der Waals surface area (Å²) in [6.07, 6.45) is 1.85. The van der Waals surface area contributed by atoms with Gasteiger partial charge in [-0.1, -0.05) is 38.1 Å². The number of halogens is 1. The standard InChI is InChI=1S/C28H27FN4O3/c1-4-18-10-15-23-22(21(18)5-2)8-7-9-27(23)36-28-17-25(30-6-3)24(29)16-26(28)32-31-19-11-13-20(14-12-19)33(34)35/h7-17,30H,4-6H2,1-3H3. The number of aryl methyl sites for hydroxylation is 2. The molecular weight excluding hydrogens is 459 g/mol. The molecular formula is C28H27FN4O3. The third-order valence-corrected chi connectivity index (χ3v) is 5.93. The van der Waals surface area contributed by atoms with Crippen molar-refractivity contribution in [2.75, 3.05) is 11.9 Å². The summed E-state index contributed by atoms with van der Waals surface area (Å²) in [5.74, 6) is 0.481. The zero-order chi connectivity index (χ0) is 25.7. The van der Waals surface area contributed by atoms with E-state index in [9.17, 15) is 14.5 Å². The largest absolute Gasteiger partial charge is 0.454 e. The number of nitrogens with one attached hydrogen (secondary N) is 1. The van der Waals surface area contributed by atoms with Gasteiger partial charge in [0.1, 0.15) is 17.3 Å². The first-order valence-electron chi connectivity index (χ1n) is 11.9. The van der Waals surface area contributed by atoms with Crippen LogP contribution in [0.1, 0.15) is 31.9 Å². The first-order chi connectivity index (χ1) is 17.4. The Bertz CT molecular complexity index is 1440. The molecule has 4 aromatic rings. The van der Waals surface area contributed by atoms with Gasteiger partial charge >= 0.3 is 0 Å². The first kappa shape index (κ1) is 24.8. The summed E-state index contributed by atoms with van der Waals surface area (Å²) in [4.78, 5) is 10.4. The topological polar surface area (TPSA) is 89.1 Å². The van der Waals surface area contributed by atoms with Gasteiger partial charge in [0.15, 0.2) is 5.75 Å². The van der Waals surface area contributed by atoms with E-state index in [0.29, 0.717) is 29.4 Å². The fourth-order valence-electron chi connectivity index (χ4n) is 4.17. The number of ether oxygens (including phenoxy) is 1. The van der Waals surface area contributed by atoms with Gasteiger partial charge in [0.25, 0.3) is 5.69 Å². The van der Waals surface area contributed by atoms with Crippen LogP contribution in [0, 0.1) is 15.9 Å². The second kappa shape index (κ2) is 10.9. The van der Waals surface area contributed by atoms with Crippen LogP contribution in [0.5, 0.6) is 11.5 Å². The number of nitrogens with zero attached hydrogens (tertiary/aromatic N) is 3. The molecule has 36 heavy (non-hydrogen) atoms. The molecule has 0 aliphatic carbocycles. The normalized spacial score (nSPS) is 11.2. The maximum absolute atomic E-state index is 14.8. The summed E-state index contributed by atoms with van der Waals surface area (Å²) >= 11 is 0. The Morgan fingerprint density at radius 1 is 0.917 bits per heavy atom. The molecule has 0 aromatic heterocycles. The van der Waals surface area contributed by atoms with E-state index in [-0.39, 0.29) is 11.4 Å². The highest BCUT2D eigenvalue weighted by Crippen LogP contribution is 2.40. The number of non-ortho nitro benzene ring substituents is 1. The minimum atomic E-state index is -0.487. The van der Waals surface area contributed by atoms with Crippen LogP contribution in [0.4, 0.5) is 27.1 Å². The number of hydrogen-bond acceptors (Lipinski definition) is 6. The molecule has 4 aromatic carbocycles. The van der Waals surface area contributed by atoms with Crippen molar-refractivity contribution in [1.29, 1.82) is 0 Å². The van der Waals surface area contributed by atoms with E-state index in [2.05, 4.69) is 47.6 Å². The van der Waals surface area contributed by atoms with Crippen molar-refractivity contribution in [3.05, 3.63) is 93.8 Å². The van der Waals surface area contributed by atoms with Crippen molar-refractivity contribution in [2.45, 2.75) is 33.6 Å². The van der Waals surface area contributed by atoms with Crippen molar-refractivity contribution in [3.63, 3.8) is 0 Å². The monoisotopic (exact) mass is 486 g/mol. The molecule has 184 valence electrons. The summed E-state index contributed by atoms with van der Waals surface area (Å²) in [5.41, 5.74) is 3.43. The summed E-state index contributed by atoms with van der Waals surface area (Å²) in [5, 5.41) is 24.3. The lowest BCUT2D eigenvalue weighted by atomic mass is 9.95. The van der Waals surface area contributed by atoms with E-state index in [1.54, 1.807) is 6.07 Å². The van der Waals surface area contributed by atoms with Crippen molar-refractivity contribution in [2.24, 2.45) is 10.2 Å². The Hall–Kier alpha value is -4.33. The molecule has 0 amide bonds. The third kappa shape index (κ3) is 5.17. The lowest BCUT2D eigenvalue weighted by molar-refractivity contribution is -0.384. The van der Waals surface area contributed by atoms with Crippen LogP contribution in [0.3, 0.4) is 0 Å². The lowest BCUT2D eigenvalue weighted by Crippen LogP contribution is -2.00. The van der Waals surface area contributed by atoms with Gasteiger partial charge in [0, 0.05) is 36.2 Å². The number of fused-ring (bicyclic) bond motifs is 1. The molecule has 0 bridgehead atoms. The van der Waals surface area contributed by atoms with Gasteiger partial charge in [-0.15, -0.1) is 5.11 Å². The molecule has 7 nitrogen and oxygen atoms in total. The zero-order valence-electron chi connectivity index (χ0n) is 20.4. The number of hydrogen-bond donors (Lipinski definition) is 1. The van der Waals surface area contributed by atoms with Gasteiger partial charge in [0.05, 0.1) is 16.3 Å². The van der Waals surface area contributed by atoms with Crippen LogP contribution in [0.2, 0.25) is 0 Å². The molecule has 0 saturated carbocycles. The molecule has 0 radical (unpaired) electrons. The van der Waals surface area contributed by atoms with E-state index in [4.69, 9.17) is 4.74 Å². The molecule has 0 saturated heterocycles. The maximum Gasteiger partial charge on any atom is 0.269 e. The maximum atomic E-state index is 14.8. The van der Waals surface area contributed by atoms with E-state index < -0.39 is 10.7 Å². The predicted octanol–water partition coefficient (Wildman–Crippen LogP) is 8.65. The summed E-state index contributed by atoms with van der Waals surface area (Å²) in [6.45, 7) is 6.70. The zero-order valence-corrected chi connectivity index (χ0v) is 20.4. The summed E-state index contributed by atoms with van der Waals surface area (Å²) < 4.78 is 21.1. The van der Waals surface area contributed by atoms with Gasteiger partial charge in [-0.25, -0.2) is 4.39 Å². The van der Waals surface area contributed by atoms with Crippen molar-refractivity contribution in [3.8, 4) is 11.5 Å². The van der Waals surface area contributed by atoms with Crippen LogP contribution < -0.4 is 10.1 Å². The van der Waals surface area contributed by atoms with E-state index >= 15 is 0 Å². The number of nitro groups is 1. The highest BCUT2D eigenvalue weighted by Gasteiger charge is 2.15. The second-order valence-electron chi connectivity index (χ2n) is 8.17. The summed E-state index contributed by atoms with van der Waals surface area (Å²) in [7, 11) is 0. The smallest absolute Gasteiger partial charge is 0.269 e. The predicted molar refractivity (Wildman–Crippen MR) is 141 cm³/mol. The van der Waals surface area contributed by atoms with Crippen LogP contribution in [0.15, 0.2) is 77.0 Å². The van der Waals surface area contributed by atoms with Crippen LogP contribution in [0.25, 0.3) is 10.8 Å². The quantitative estimate of drug-likeness (QED) is 0.146. The minimum Gasteiger partial charge on any atom is -0.454 e. The van der Waals surface area contributed by atoms with Crippen molar-refractivity contribution in [1.82, 2.24) is 0 Å². The molecule has 0 aliphatic heterocycles. The number of azo groups is 1. The molecule has 4 rings (SSSR count). The Labute approximate surface area is 208 Å². The van der Waals surface area contributed by atoms with Crippen LogP contribution in [-0.2, 0) is 12.8 Å². The van der Waals surface area contributed by atoms with E-state index in [1.165, 1.54) is 41.5 Å². The Morgan fingerprint density at radius 2 is 1.69 bits per heavy atom. The summed E-state index contributed by atoms with van der Waals surface area (Å²) in [6, 6.07) is 18.6. The molecule has 0 atom stereocenters. The number of rotatable bonds is 9. The second-order valence-corrected chi connectivity index (χ2v) is 8.17. The SMILES string of the molecule is CCNc1cc(Oc2cccc3c(CC)c(CC)ccc23)c(N=Nc2ccc([N+](=O)[O-])cc2)cc1F. The van der Waals surface area contributed by atoms with Gasteiger partial charge < -0.3 is 10.1 Å². The van der Waals surface area contributed by atoms with Gasteiger partial charge in [-0.05, 0) is 54.5 Å². The minimum absolute atomic E-state index is 0.0485. The Balaban J connectivity index is 1.77. The number of benzene rings is 4. The van der Waals surface area contributed by atoms with Crippen LogP contribution in [-0.4, -0.2) is 11.5 Å². The fraction of sp³-hybridized carbons (Fsp3) is 0.214. The number of nitro benzene ring substituents is 1. The third-order valence-electron chi connectivity index (χ3n) is 5.93. The van der Waals surface area contributed by atoms with Gasteiger partial charge in [0.2, 0.25) is 0 Å². The highest BCUT2D eigenvalue weighted by atomic mass is 19.1. The van der Waals surface area contributed by atoms with Crippen LogP contribution >= 0.6 is 0 Å². The average Bonchev–Trinajstić information content (AvgIpc) is 2.89. The highest BCUT2D eigenvalue weighted by molar-refractivity contribution is 5.92. The molecule has 8 heteroatoms. The van der Waals surface area contributed by atoms with Gasteiger partial charge in [-0.2, -0.15) is 5.11 Å². The number of anilines is 1. The molecule has 0 unspecified atom stereocenters. The Morgan fingerprint density at radius 3 is 2.36 bits per heavy atom. The molecule has 0 spiro atoms. The van der Waals surface area contributed by atoms with Crippen molar-refractivity contribution < 1.29 is 14.1 Å². The first-order valence-corrected chi connectivity index (χ1v) is 11.9. The molecule has 0 heterocycles. The molecule has 0 aliphatic rings. The van der Waals surface area contributed by atoms with E-state index in [0.717, 1.165) is 23.6 Å². The Kier molecular flexibility index (Phi) is 7.53. The molecule has 1 N–H and O–H groups in total. The van der Waals surface area contributed by atoms with E-state index in [1.807, 2.05) is 19.1 Å². The van der Waals surface area contributed by atoms with Crippen molar-refractivity contribution >= 4 is 33.5 Å². The molecule has 0 fully saturated rings. The lowest BCUT2D eigenvalue weighted by Gasteiger charge is -2.16. The van der Waals surface area contributed by atoms with Gasteiger partial charge in [-0.3, -0.25) is 10.1 Å².